The van der Waals surface area contributed by atoms with Crippen LogP contribution in [-0.4, -0.2) is 6.54 Å². The van der Waals surface area contributed by atoms with Crippen molar-refractivity contribution in [3.63, 3.8) is 0 Å². The lowest BCUT2D eigenvalue weighted by molar-refractivity contribution is 0.805. The third-order valence-corrected chi connectivity index (χ3v) is 3.19. The topological polar surface area (TPSA) is 12.0 Å². The Morgan fingerprint density at radius 3 is 2.67 bits per heavy atom. The minimum absolute atomic E-state index is 0.547. The fourth-order valence-electron chi connectivity index (χ4n) is 1.54. The van der Waals surface area contributed by atoms with Gasteiger partial charge in [-0.15, -0.1) is 0 Å². The maximum Gasteiger partial charge on any atom is 0.0449 e. The molecule has 1 unspecified atom stereocenters. The fourth-order valence-corrected chi connectivity index (χ4v) is 2.15. The minimum Gasteiger partial charge on any atom is -0.384 e. The first-order chi connectivity index (χ1) is 7.36. The summed E-state index contributed by atoms with van der Waals surface area (Å²) in [6, 6.07) is 12.7. The van der Waals surface area contributed by atoms with Gasteiger partial charge in [-0.25, -0.2) is 0 Å². The van der Waals surface area contributed by atoms with E-state index in [9.17, 15) is 0 Å². The molecule has 0 spiro atoms. The van der Waals surface area contributed by atoms with E-state index >= 15 is 0 Å². The van der Waals surface area contributed by atoms with E-state index in [1.165, 1.54) is 11.3 Å². The van der Waals surface area contributed by atoms with Crippen LogP contribution in [0.2, 0.25) is 0 Å². The Kier molecular flexibility index (Phi) is 3.41. The summed E-state index contributed by atoms with van der Waals surface area (Å²) in [6.45, 7) is 3.23. The lowest BCUT2D eigenvalue weighted by Gasteiger charge is -2.12. The molecule has 0 fully saturated rings. The summed E-state index contributed by atoms with van der Waals surface area (Å²) < 4.78 is 0. The molecule has 78 valence electrons. The van der Waals surface area contributed by atoms with Crippen molar-refractivity contribution in [1.29, 1.82) is 0 Å². The fraction of sp³-hybridized carbons (Fsp3) is 0.231. The summed E-state index contributed by atoms with van der Waals surface area (Å²) in [6.07, 6.45) is 0. The minimum atomic E-state index is 0.547. The molecule has 0 saturated heterocycles. The molecule has 1 N–H and O–H groups in total. The highest BCUT2D eigenvalue weighted by molar-refractivity contribution is 7.08. The van der Waals surface area contributed by atoms with Crippen molar-refractivity contribution >= 4 is 17.0 Å². The number of rotatable bonds is 4. The van der Waals surface area contributed by atoms with Crippen LogP contribution in [-0.2, 0) is 0 Å². The molecule has 1 atom stereocenters. The van der Waals surface area contributed by atoms with Gasteiger partial charge >= 0.3 is 0 Å². The predicted octanol–water partition coefficient (Wildman–Crippen LogP) is 3.96. The second-order valence-electron chi connectivity index (χ2n) is 3.70. The maximum atomic E-state index is 3.43. The van der Waals surface area contributed by atoms with Crippen LogP contribution in [0.3, 0.4) is 0 Å². The number of benzene rings is 1. The Hall–Kier alpha value is -1.28. The van der Waals surface area contributed by atoms with Gasteiger partial charge in [-0.2, -0.15) is 11.3 Å². The van der Waals surface area contributed by atoms with E-state index in [0.29, 0.717) is 5.92 Å². The SMILES string of the molecule is CC(CNc1ccsc1)c1ccccc1. The number of thiophene rings is 1. The van der Waals surface area contributed by atoms with E-state index in [-0.39, 0.29) is 0 Å². The molecule has 0 aliphatic heterocycles. The molecule has 15 heavy (non-hydrogen) atoms. The largest absolute Gasteiger partial charge is 0.384 e. The first kappa shape index (κ1) is 10.2. The summed E-state index contributed by atoms with van der Waals surface area (Å²) in [5.74, 6) is 0.547. The summed E-state index contributed by atoms with van der Waals surface area (Å²) >= 11 is 1.72. The van der Waals surface area contributed by atoms with Crippen molar-refractivity contribution in [2.45, 2.75) is 12.8 Å². The van der Waals surface area contributed by atoms with Crippen molar-refractivity contribution < 1.29 is 0 Å². The van der Waals surface area contributed by atoms with E-state index in [4.69, 9.17) is 0 Å². The summed E-state index contributed by atoms with van der Waals surface area (Å²) in [5, 5.41) is 7.66. The summed E-state index contributed by atoms with van der Waals surface area (Å²) in [4.78, 5) is 0. The molecule has 1 aromatic carbocycles. The van der Waals surface area contributed by atoms with E-state index in [1.54, 1.807) is 11.3 Å². The summed E-state index contributed by atoms with van der Waals surface area (Å²) in [5.41, 5.74) is 2.61. The van der Waals surface area contributed by atoms with E-state index in [0.717, 1.165) is 6.54 Å². The third kappa shape index (κ3) is 2.83. The van der Waals surface area contributed by atoms with Gasteiger partial charge in [0.15, 0.2) is 0 Å². The molecule has 1 nitrogen and oxygen atoms in total. The number of anilines is 1. The van der Waals surface area contributed by atoms with Gasteiger partial charge in [0, 0.05) is 17.6 Å². The summed E-state index contributed by atoms with van der Waals surface area (Å²) in [7, 11) is 0. The van der Waals surface area contributed by atoms with Crippen LogP contribution in [0.25, 0.3) is 0 Å². The van der Waals surface area contributed by atoms with Crippen molar-refractivity contribution in [2.24, 2.45) is 0 Å². The van der Waals surface area contributed by atoms with Crippen LogP contribution < -0.4 is 5.32 Å². The van der Waals surface area contributed by atoms with Crippen LogP contribution in [0, 0.1) is 0 Å². The van der Waals surface area contributed by atoms with Crippen LogP contribution >= 0.6 is 11.3 Å². The van der Waals surface area contributed by atoms with Crippen LogP contribution in [0.4, 0.5) is 5.69 Å². The highest BCUT2D eigenvalue weighted by atomic mass is 32.1. The van der Waals surface area contributed by atoms with Crippen molar-refractivity contribution in [3.05, 3.63) is 52.7 Å². The molecular weight excluding hydrogens is 202 g/mol. The zero-order chi connectivity index (χ0) is 10.5. The van der Waals surface area contributed by atoms with Crippen molar-refractivity contribution in [3.8, 4) is 0 Å². The van der Waals surface area contributed by atoms with Gasteiger partial charge < -0.3 is 5.32 Å². The second kappa shape index (κ2) is 4.99. The maximum absolute atomic E-state index is 3.43. The molecule has 0 radical (unpaired) electrons. The molecule has 0 bridgehead atoms. The first-order valence-electron chi connectivity index (χ1n) is 5.17. The zero-order valence-electron chi connectivity index (χ0n) is 8.81. The first-order valence-corrected chi connectivity index (χ1v) is 6.11. The van der Waals surface area contributed by atoms with Crippen LogP contribution in [0.5, 0.6) is 0 Å². The molecule has 1 aromatic heterocycles. The van der Waals surface area contributed by atoms with E-state index < -0.39 is 0 Å². The number of hydrogen-bond donors (Lipinski definition) is 1. The van der Waals surface area contributed by atoms with E-state index in [2.05, 4.69) is 59.4 Å². The second-order valence-corrected chi connectivity index (χ2v) is 4.48. The number of nitrogens with one attached hydrogen (secondary N) is 1. The molecule has 2 rings (SSSR count). The standard InChI is InChI=1S/C13H15NS/c1-11(12-5-3-2-4-6-12)9-14-13-7-8-15-10-13/h2-8,10-11,14H,9H2,1H3. The normalized spacial score (nSPS) is 12.3. The highest BCUT2D eigenvalue weighted by Gasteiger charge is 2.03. The Bertz CT molecular complexity index is 380. The highest BCUT2D eigenvalue weighted by Crippen LogP contribution is 2.17. The van der Waals surface area contributed by atoms with Gasteiger partial charge in [-0.3, -0.25) is 0 Å². The van der Waals surface area contributed by atoms with Crippen LogP contribution in [0.15, 0.2) is 47.2 Å². The average molecular weight is 217 g/mol. The Morgan fingerprint density at radius 1 is 1.20 bits per heavy atom. The molecule has 0 amide bonds. The zero-order valence-corrected chi connectivity index (χ0v) is 9.63. The molecule has 0 aliphatic carbocycles. The molecule has 0 aliphatic rings. The quantitative estimate of drug-likeness (QED) is 0.817. The lowest BCUT2D eigenvalue weighted by Crippen LogP contribution is -2.08. The molecular formula is C13H15NS. The van der Waals surface area contributed by atoms with E-state index in [1.807, 2.05) is 0 Å². The molecule has 1 heterocycles. The number of hydrogen-bond acceptors (Lipinski definition) is 2. The Labute approximate surface area is 94.8 Å². The average Bonchev–Trinajstić information content (AvgIpc) is 2.80. The monoisotopic (exact) mass is 217 g/mol. The van der Waals surface area contributed by atoms with Crippen LogP contribution in [0.1, 0.15) is 18.4 Å². The Morgan fingerprint density at radius 2 is 2.00 bits per heavy atom. The van der Waals surface area contributed by atoms with Crippen molar-refractivity contribution in [1.82, 2.24) is 0 Å². The van der Waals surface area contributed by atoms with Gasteiger partial charge in [0.2, 0.25) is 0 Å². The molecule has 2 heteroatoms. The lowest BCUT2D eigenvalue weighted by atomic mass is 10.0. The van der Waals surface area contributed by atoms with Gasteiger partial charge in [-0.1, -0.05) is 37.3 Å². The smallest absolute Gasteiger partial charge is 0.0449 e. The van der Waals surface area contributed by atoms with Gasteiger partial charge in [-0.05, 0) is 22.9 Å². The Balaban J connectivity index is 1.90. The van der Waals surface area contributed by atoms with Gasteiger partial charge in [0.25, 0.3) is 0 Å². The predicted molar refractivity (Wildman–Crippen MR) is 67.7 cm³/mol. The van der Waals surface area contributed by atoms with Gasteiger partial charge in [0.05, 0.1) is 0 Å². The molecule has 0 saturated carbocycles. The third-order valence-electron chi connectivity index (χ3n) is 2.50. The molecule has 2 aromatic rings. The van der Waals surface area contributed by atoms with Gasteiger partial charge in [0.1, 0.15) is 0 Å². The van der Waals surface area contributed by atoms with Crippen molar-refractivity contribution in [2.75, 3.05) is 11.9 Å².